The van der Waals surface area contributed by atoms with Gasteiger partial charge in [0.2, 0.25) is 0 Å². The van der Waals surface area contributed by atoms with Crippen molar-refractivity contribution in [2.45, 2.75) is 52.1 Å². The molecule has 1 aliphatic carbocycles. The Morgan fingerprint density at radius 1 is 1.22 bits per heavy atom. The Hall–Kier alpha value is -1.65. The average molecular weight is 249 g/mol. The highest BCUT2D eigenvalue weighted by molar-refractivity contribution is 5.65. The van der Waals surface area contributed by atoms with Crippen LogP contribution in [0.15, 0.2) is 0 Å². The highest BCUT2D eigenvalue weighted by Crippen LogP contribution is 2.33. The number of hydrogen-bond acceptors (Lipinski definition) is 4. The predicted octanol–water partition coefficient (Wildman–Crippen LogP) is 2.35. The lowest BCUT2D eigenvalue weighted by Crippen LogP contribution is -2.21. The number of fused-ring (bicyclic) bond motifs is 1. The normalized spacial score (nSPS) is 19.6. The minimum atomic E-state index is -0.722. The molecule has 2 rings (SSSR count). The fourth-order valence-corrected chi connectivity index (χ4v) is 2.63. The standard InChI is InChI=1S/C13H19N3O2/c1-8-10-6-4-3-5-7-11(18-13(14)17)12(10)9(2)16-15-8/h11H,3-7H2,1-2H3,(H2,14,17)/t11-/m1/s1. The molecule has 0 radical (unpaired) electrons. The number of nitrogens with two attached hydrogens (primary N) is 1. The molecule has 1 atom stereocenters. The van der Waals surface area contributed by atoms with Crippen LogP contribution in [0.4, 0.5) is 4.79 Å². The van der Waals surface area contributed by atoms with Crippen LogP contribution in [-0.2, 0) is 11.2 Å². The monoisotopic (exact) mass is 249 g/mol. The summed E-state index contributed by atoms with van der Waals surface area (Å²) < 4.78 is 5.26. The molecule has 0 bridgehead atoms. The Kier molecular flexibility index (Phi) is 3.79. The average Bonchev–Trinajstić information content (AvgIpc) is 2.27. The van der Waals surface area contributed by atoms with E-state index in [4.69, 9.17) is 10.5 Å². The van der Waals surface area contributed by atoms with Crippen LogP contribution in [0.25, 0.3) is 0 Å². The maximum atomic E-state index is 11.0. The highest BCUT2D eigenvalue weighted by Gasteiger charge is 2.24. The second-order valence-electron chi connectivity index (χ2n) is 4.79. The van der Waals surface area contributed by atoms with Gasteiger partial charge in [-0.15, -0.1) is 0 Å². The summed E-state index contributed by atoms with van der Waals surface area (Å²) in [6.07, 6.45) is 4.10. The van der Waals surface area contributed by atoms with E-state index in [1.54, 1.807) is 0 Å². The Bertz CT molecular complexity index is 460. The van der Waals surface area contributed by atoms with Crippen molar-refractivity contribution < 1.29 is 9.53 Å². The molecule has 0 unspecified atom stereocenters. The van der Waals surface area contributed by atoms with Crippen LogP contribution >= 0.6 is 0 Å². The number of carbonyl (C=O) groups is 1. The maximum absolute atomic E-state index is 11.0. The number of rotatable bonds is 1. The van der Waals surface area contributed by atoms with Crippen molar-refractivity contribution in [1.82, 2.24) is 10.2 Å². The number of primary amides is 1. The van der Waals surface area contributed by atoms with Gasteiger partial charge in [0.15, 0.2) is 0 Å². The maximum Gasteiger partial charge on any atom is 0.405 e. The van der Waals surface area contributed by atoms with Gasteiger partial charge in [0, 0.05) is 5.56 Å². The number of amides is 1. The third kappa shape index (κ3) is 2.60. The lowest BCUT2D eigenvalue weighted by Gasteiger charge is -2.24. The third-order valence-electron chi connectivity index (χ3n) is 3.48. The van der Waals surface area contributed by atoms with Crippen LogP contribution in [0.5, 0.6) is 0 Å². The predicted molar refractivity (Wildman–Crippen MR) is 67.1 cm³/mol. The van der Waals surface area contributed by atoms with Crippen molar-refractivity contribution >= 4 is 6.09 Å². The molecule has 1 heterocycles. The fraction of sp³-hybridized carbons (Fsp3) is 0.615. The van der Waals surface area contributed by atoms with Crippen LogP contribution < -0.4 is 5.73 Å². The molecule has 0 aliphatic heterocycles. The second-order valence-corrected chi connectivity index (χ2v) is 4.79. The Balaban J connectivity index is 2.46. The Morgan fingerprint density at radius 2 is 1.94 bits per heavy atom. The van der Waals surface area contributed by atoms with Crippen LogP contribution in [0.1, 0.15) is 54.3 Å². The van der Waals surface area contributed by atoms with Crippen molar-refractivity contribution in [2.24, 2.45) is 5.73 Å². The van der Waals surface area contributed by atoms with E-state index in [0.717, 1.165) is 49.1 Å². The van der Waals surface area contributed by atoms with Gasteiger partial charge in [0.05, 0.1) is 11.4 Å². The largest absolute Gasteiger partial charge is 0.441 e. The van der Waals surface area contributed by atoms with E-state index < -0.39 is 6.09 Å². The zero-order valence-electron chi connectivity index (χ0n) is 10.9. The van der Waals surface area contributed by atoms with Crippen molar-refractivity contribution in [2.75, 3.05) is 0 Å². The van der Waals surface area contributed by atoms with E-state index in [-0.39, 0.29) is 6.10 Å². The van der Waals surface area contributed by atoms with Gasteiger partial charge in [-0.1, -0.05) is 6.42 Å². The van der Waals surface area contributed by atoms with Gasteiger partial charge < -0.3 is 10.5 Å². The van der Waals surface area contributed by atoms with Crippen LogP contribution in [-0.4, -0.2) is 16.3 Å². The number of nitrogens with zero attached hydrogens (tertiary/aromatic N) is 2. The first kappa shape index (κ1) is 12.8. The molecule has 1 aromatic heterocycles. The summed E-state index contributed by atoms with van der Waals surface area (Å²) in [7, 11) is 0. The molecular weight excluding hydrogens is 230 g/mol. The van der Waals surface area contributed by atoms with E-state index in [1.807, 2.05) is 13.8 Å². The van der Waals surface area contributed by atoms with Crippen LogP contribution in [0, 0.1) is 13.8 Å². The molecule has 5 heteroatoms. The van der Waals surface area contributed by atoms with Gasteiger partial charge in [-0.25, -0.2) is 4.79 Å². The first-order chi connectivity index (χ1) is 8.59. The minimum absolute atomic E-state index is 0.271. The molecule has 18 heavy (non-hydrogen) atoms. The lowest BCUT2D eigenvalue weighted by atomic mass is 9.90. The Morgan fingerprint density at radius 3 is 2.67 bits per heavy atom. The number of aromatic nitrogens is 2. The number of ether oxygens (including phenoxy) is 1. The molecule has 0 spiro atoms. The number of aryl methyl sites for hydroxylation is 2. The summed E-state index contributed by atoms with van der Waals surface area (Å²) in [5.74, 6) is 0. The van der Waals surface area contributed by atoms with Gasteiger partial charge in [-0.2, -0.15) is 10.2 Å². The van der Waals surface area contributed by atoms with Crippen LogP contribution in [0.2, 0.25) is 0 Å². The zero-order chi connectivity index (χ0) is 13.1. The molecular formula is C13H19N3O2. The topological polar surface area (TPSA) is 78.1 Å². The summed E-state index contributed by atoms with van der Waals surface area (Å²) in [4.78, 5) is 11.0. The van der Waals surface area contributed by atoms with E-state index in [2.05, 4.69) is 10.2 Å². The molecule has 1 amide bonds. The summed E-state index contributed by atoms with van der Waals surface area (Å²) in [6, 6.07) is 0. The SMILES string of the molecule is Cc1nnc(C)c2c1CCCCC[C@H]2OC(N)=O. The molecule has 0 saturated heterocycles. The summed E-state index contributed by atoms with van der Waals surface area (Å²) >= 11 is 0. The van der Waals surface area contributed by atoms with E-state index >= 15 is 0 Å². The van der Waals surface area contributed by atoms with Gasteiger partial charge >= 0.3 is 6.09 Å². The Labute approximate surface area is 107 Å². The van der Waals surface area contributed by atoms with Gasteiger partial charge in [0.25, 0.3) is 0 Å². The van der Waals surface area contributed by atoms with Crippen molar-refractivity contribution in [1.29, 1.82) is 0 Å². The molecule has 0 aromatic carbocycles. The first-order valence-electron chi connectivity index (χ1n) is 6.38. The van der Waals surface area contributed by atoms with Crippen molar-refractivity contribution in [3.8, 4) is 0 Å². The third-order valence-corrected chi connectivity index (χ3v) is 3.48. The van der Waals surface area contributed by atoms with Gasteiger partial charge in [0.1, 0.15) is 6.10 Å². The summed E-state index contributed by atoms with van der Waals surface area (Å²) in [6.45, 7) is 3.86. The second kappa shape index (κ2) is 5.33. The molecule has 0 fully saturated rings. The summed E-state index contributed by atoms with van der Waals surface area (Å²) in [5, 5.41) is 8.30. The quantitative estimate of drug-likeness (QED) is 0.828. The molecule has 0 saturated carbocycles. The van der Waals surface area contributed by atoms with E-state index in [1.165, 1.54) is 5.56 Å². The molecule has 98 valence electrons. The molecule has 1 aromatic rings. The van der Waals surface area contributed by atoms with E-state index in [9.17, 15) is 4.79 Å². The first-order valence-corrected chi connectivity index (χ1v) is 6.38. The number of carbonyl (C=O) groups excluding carboxylic acids is 1. The van der Waals surface area contributed by atoms with Gasteiger partial charge in [-0.3, -0.25) is 0 Å². The lowest BCUT2D eigenvalue weighted by molar-refractivity contribution is 0.0970. The smallest absolute Gasteiger partial charge is 0.405 e. The molecule has 1 aliphatic rings. The number of hydrogen-bond donors (Lipinski definition) is 1. The highest BCUT2D eigenvalue weighted by atomic mass is 16.6. The zero-order valence-corrected chi connectivity index (χ0v) is 10.9. The van der Waals surface area contributed by atoms with E-state index in [0.29, 0.717) is 0 Å². The molecule has 2 N–H and O–H groups in total. The van der Waals surface area contributed by atoms with Crippen molar-refractivity contribution in [3.05, 3.63) is 22.5 Å². The summed E-state index contributed by atoms with van der Waals surface area (Å²) in [5.41, 5.74) is 9.11. The van der Waals surface area contributed by atoms with Gasteiger partial charge in [-0.05, 0) is 45.1 Å². The minimum Gasteiger partial charge on any atom is -0.441 e. The van der Waals surface area contributed by atoms with Crippen molar-refractivity contribution in [3.63, 3.8) is 0 Å². The van der Waals surface area contributed by atoms with Crippen LogP contribution in [0.3, 0.4) is 0 Å². The molecule has 5 nitrogen and oxygen atoms in total. The fourth-order valence-electron chi connectivity index (χ4n) is 2.63.